The molecule has 1 N–H and O–H groups in total. The van der Waals surface area contributed by atoms with Gasteiger partial charge < -0.3 is 0 Å². The predicted molar refractivity (Wildman–Crippen MR) is 52.9 cm³/mol. The maximum atomic E-state index is 3.48. The second kappa shape index (κ2) is 3.12. The first-order valence-electron chi connectivity index (χ1n) is 4.24. The van der Waals surface area contributed by atoms with Crippen molar-refractivity contribution in [2.75, 3.05) is 5.32 Å². The Morgan fingerprint density at radius 2 is 2.42 bits per heavy atom. The van der Waals surface area contributed by atoms with Gasteiger partial charge in [-0.25, -0.2) is 0 Å². The summed E-state index contributed by atoms with van der Waals surface area (Å²) in [5.74, 6) is 0. The van der Waals surface area contributed by atoms with E-state index < -0.39 is 0 Å². The number of rotatable bonds is 1. The molecule has 1 aromatic carbocycles. The molecule has 2 heteroatoms. The number of fused-ring (bicyclic) bond motifs is 1. The summed E-state index contributed by atoms with van der Waals surface area (Å²) in [5, 5.41) is 4.57. The average Bonchev–Trinajstić information content (AvgIpc) is 2.46. The summed E-state index contributed by atoms with van der Waals surface area (Å²) in [7, 11) is 0. The summed E-state index contributed by atoms with van der Waals surface area (Å²) in [6.45, 7) is 2.14. The van der Waals surface area contributed by atoms with E-state index in [0.29, 0.717) is 6.04 Å². The van der Waals surface area contributed by atoms with Crippen LogP contribution < -0.4 is 5.32 Å². The molecule has 0 saturated heterocycles. The maximum absolute atomic E-state index is 3.48. The van der Waals surface area contributed by atoms with Crippen LogP contribution in [0, 0.1) is 6.92 Å². The molecule has 12 heavy (non-hydrogen) atoms. The van der Waals surface area contributed by atoms with Crippen LogP contribution in [0.4, 0.5) is 5.69 Å². The molecule has 1 aliphatic rings. The topological polar surface area (TPSA) is 12.0 Å². The quantitative estimate of drug-likeness (QED) is 0.720. The molecule has 1 aromatic rings. The molecule has 0 aliphatic carbocycles. The summed E-state index contributed by atoms with van der Waals surface area (Å²) in [6.07, 6.45) is 1.17. The van der Waals surface area contributed by atoms with Gasteiger partial charge in [0.1, 0.15) is 0 Å². The average molecular weight is 225 g/mol. The first-order valence-corrected chi connectivity index (χ1v) is 5.45. The van der Waals surface area contributed by atoms with Gasteiger partial charge in [-0.2, -0.15) is 0 Å². The van der Waals surface area contributed by atoms with E-state index in [4.69, 9.17) is 0 Å². The van der Waals surface area contributed by atoms with E-state index in [9.17, 15) is 0 Å². The van der Waals surface area contributed by atoms with E-state index in [1.54, 1.807) is 0 Å². The van der Waals surface area contributed by atoms with E-state index >= 15 is 0 Å². The van der Waals surface area contributed by atoms with Gasteiger partial charge in [0.25, 0.3) is 0 Å². The normalized spacial score (nSPS) is 20.3. The number of anilines is 1. The molecule has 1 aliphatic heterocycles. The number of nitrogens with one attached hydrogen (secondary N) is 1. The van der Waals surface area contributed by atoms with Crippen LogP contribution >= 0.6 is 0 Å². The van der Waals surface area contributed by atoms with Crippen LogP contribution in [0.15, 0.2) is 18.2 Å². The number of hydrogen-bond acceptors (Lipinski definition) is 1. The van der Waals surface area contributed by atoms with Crippen molar-refractivity contribution >= 4 is 21.7 Å². The van der Waals surface area contributed by atoms with Crippen LogP contribution in [0.3, 0.4) is 0 Å². The van der Waals surface area contributed by atoms with E-state index in [1.165, 1.54) is 23.2 Å². The van der Waals surface area contributed by atoms with E-state index in [1.807, 2.05) is 0 Å². The molecule has 2 rings (SSSR count). The fourth-order valence-corrected chi connectivity index (χ4v) is 2.09. The van der Waals surface area contributed by atoms with Crippen molar-refractivity contribution in [1.29, 1.82) is 0 Å². The number of benzene rings is 1. The molecule has 0 aromatic heterocycles. The minimum absolute atomic E-state index is 0.613. The third-order valence-corrected chi connectivity index (χ3v) is 3.13. The Balaban J connectivity index is 2.30. The molecule has 1 atom stereocenters. The standard InChI is InChI=1S/C10H12NSe/c1-7-2-3-10-8(4-7)5-9(6-12)11-10/h2-4,9,11H,5-6H2,1H3. The Morgan fingerprint density at radius 1 is 1.58 bits per heavy atom. The van der Waals surface area contributed by atoms with Gasteiger partial charge in [0.15, 0.2) is 0 Å². The van der Waals surface area contributed by atoms with Crippen LogP contribution in [-0.4, -0.2) is 22.1 Å². The van der Waals surface area contributed by atoms with Gasteiger partial charge in [-0.3, -0.25) is 0 Å². The zero-order chi connectivity index (χ0) is 8.55. The van der Waals surface area contributed by atoms with Gasteiger partial charge in [0.05, 0.1) is 0 Å². The molecule has 1 heterocycles. The Labute approximate surface area is 81.4 Å². The van der Waals surface area contributed by atoms with Crippen molar-refractivity contribution in [3.63, 3.8) is 0 Å². The summed E-state index contributed by atoms with van der Waals surface area (Å²) in [4.78, 5) is 0. The van der Waals surface area contributed by atoms with Crippen molar-refractivity contribution in [2.45, 2.75) is 24.7 Å². The Hall–Kier alpha value is -0.461. The fraction of sp³-hybridized carbons (Fsp3) is 0.400. The van der Waals surface area contributed by atoms with E-state index in [2.05, 4.69) is 46.5 Å². The first-order chi connectivity index (χ1) is 5.79. The van der Waals surface area contributed by atoms with E-state index in [-0.39, 0.29) is 0 Å². The van der Waals surface area contributed by atoms with Gasteiger partial charge in [0, 0.05) is 0 Å². The zero-order valence-electron chi connectivity index (χ0n) is 7.13. The van der Waals surface area contributed by atoms with Crippen molar-refractivity contribution in [3.8, 4) is 0 Å². The molecule has 0 bridgehead atoms. The monoisotopic (exact) mass is 226 g/mol. The predicted octanol–water partition coefficient (Wildman–Crippen LogP) is 1.92. The SMILES string of the molecule is Cc1ccc2c(c1)CC(C[Se])N2. The van der Waals surface area contributed by atoms with Crippen LogP contribution in [0.2, 0.25) is 5.32 Å². The van der Waals surface area contributed by atoms with Gasteiger partial charge >= 0.3 is 81.0 Å². The fourth-order valence-electron chi connectivity index (χ4n) is 1.67. The second-order valence-corrected chi connectivity index (χ2v) is 4.07. The minimum atomic E-state index is 0.613. The molecular formula is C10H12NSe. The van der Waals surface area contributed by atoms with Crippen LogP contribution in [0.25, 0.3) is 0 Å². The van der Waals surface area contributed by atoms with Gasteiger partial charge in [-0.15, -0.1) is 0 Å². The Morgan fingerprint density at radius 3 is 3.17 bits per heavy atom. The molecular weight excluding hydrogens is 213 g/mol. The number of aryl methyl sites for hydroxylation is 1. The molecule has 0 fully saturated rings. The summed E-state index contributed by atoms with van der Waals surface area (Å²) < 4.78 is 0. The van der Waals surface area contributed by atoms with Crippen molar-refractivity contribution in [2.24, 2.45) is 0 Å². The van der Waals surface area contributed by atoms with Crippen LogP contribution in [-0.2, 0) is 6.42 Å². The molecule has 0 saturated carbocycles. The zero-order valence-corrected chi connectivity index (χ0v) is 8.84. The summed E-state index contributed by atoms with van der Waals surface area (Å²) >= 11 is 3.07. The summed E-state index contributed by atoms with van der Waals surface area (Å²) in [6, 6.07) is 7.23. The van der Waals surface area contributed by atoms with Crippen LogP contribution in [0.5, 0.6) is 0 Å². The third-order valence-electron chi connectivity index (χ3n) is 2.29. The summed E-state index contributed by atoms with van der Waals surface area (Å²) in [5.41, 5.74) is 4.15. The molecule has 1 unspecified atom stereocenters. The first kappa shape index (κ1) is 8.15. The van der Waals surface area contributed by atoms with Crippen molar-refractivity contribution < 1.29 is 0 Å². The molecule has 1 radical (unpaired) electrons. The Kier molecular flexibility index (Phi) is 2.12. The Bertz CT molecular complexity index is 296. The number of hydrogen-bond donors (Lipinski definition) is 1. The van der Waals surface area contributed by atoms with Gasteiger partial charge in [0.2, 0.25) is 0 Å². The van der Waals surface area contributed by atoms with E-state index in [0.717, 1.165) is 5.32 Å². The van der Waals surface area contributed by atoms with Gasteiger partial charge in [-0.05, 0) is 0 Å². The third kappa shape index (κ3) is 1.37. The van der Waals surface area contributed by atoms with Crippen molar-refractivity contribution in [3.05, 3.63) is 29.3 Å². The van der Waals surface area contributed by atoms with Crippen LogP contribution in [0.1, 0.15) is 11.1 Å². The van der Waals surface area contributed by atoms with Crippen molar-refractivity contribution in [1.82, 2.24) is 0 Å². The molecule has 0 amide bonds. The molecule has 63 valence electrons. The molecule has 0 spiro atoms. The van der Waals surface area contributed by atoms with Gasteiger partial charge in [-0.1, -0.05) is 0 Å². The second-order valence-electron chi connectivity index (χ2n) is 3.37. The molecule has 1 nitrogen and oxygen atoms in total.